The predicted octanol–water partition coefficient (Wildman–Crippen LogP) is 1.37. The van der Waals surface area contributed by atoms with E-state index < -0.39 is 0 Å². The van der Waals surface area contributed by atoms with E-state index in [4.69, 9.17) is 5.73 Å². The first-order valence-corrected chi connectivity index (χ1v) is 5.43. The van der Waals surface area contributed by atoms with Gasteiger partial charge in [-0.1, -0.05) is 0 Å². The van der Waals surface area contributed by atoms with Crippen LogP contribution < -0.4 is 5.73 Å². The molecule has 2 aromatic heterocycles. The largest absolute Gasteiger partial charge is 0.396 e. The summed E-state index contributed by atoms with van der Waals surface area (Å²) in [6.45, 7) is 5.79. The quantitative estimate of drug-likeness (QED) is 0.844. The molecule has 0 saturated heterocycles. The van der Waals surface area contributed by atoms with Crippen LogP contribution in [-0.2, 0) is 13.1 Å². The second-order valence-corrected chi connectivity index (χ2v) is 3.96. The Morgan fingerprint density at radius 3 is 2.69 bits per heavy atom. The van der Waals surface area contributed by atoms with Crippen LogP contribution in [0.1, 0.15) is 17.8 Å². The van der Waals surface area contributed by atoms with Crippen LogP contribution in [0.15, 0.2) is 18.7 Å². The number of hydrogen-bond acceptors (Lipinski definition) is 3. The average Bonchev–Trinajstić information content (AvgIpc) is 2.85. The first-order valence-electron chi connectivity index (χ1n) is 5.43. The Morgan fingerprint density at radius 2 is 2.12 bits per heavy atom. The van der Waals surface area contributed by atoms with Crippen molar-refractivity contribution in [1.29, 1.82) is 0 Å². The molecule has 0 fully saturated rings. The topological polar surface area (TPSA) is 61.7 Å². The van der Waals surface area contributed by atoms with Gasteiger partial charge < -0.3 is 10.3 Å². The Hall–Kier alpha value is -1.78. The molecule has 0 saturated carbocycles. The van der Waals surface area contributed by atoms with Crippen molar-refractivity contribution in [2.45, 2.75) is 33.4 Å². The molecule has 2 aromatic rings. The Kier molecular flexibility index (Phi) is 2.94. The maximum atomic E-state index is 5.87. The number of nitrogens with two attached hydrogens (primary N) is 1. The third-order valence-electron chi connectivity index (χ3n) is 2.78. The highest BCUT2D eigenvalue weighted by Gasteiger charge is 2.06. The van der Waals surface area contributed by atoms with Gasteiger partial charge in [-0.3, -0.25) is 4.68 Å². The number of imidazole rings is 1. The van der Waals surface area contributed by atoms with Gasteiger partial charge in [-0.2, -0.15) is 5.10 Å². The number of anilines is 1. The first kappa shape index (κ1) is 10.7. The summed E-state index contributed by atoms with van der Waals surface area (Å²) in [6.07, 6.45) is 6.62. The van der Waals surface area contributed by atoms with Crippen LogP contribution in [-0.4, -0.2) is 19.3 Å². The molecule has 2 N–H and O–H groups in total. The summed E-state index contributed by atoms with van der Waals surface area (Å²) >= 11 is 0. The highest BCUT2D eigenvalue weighted by Crippen LogP contribution is 2.14. The van der Waals surface area contributed by atoms with Crippen molar-refractivity contribution in [2.75, 3.05) is 5.73 Å². The first-order chi connectivity index (χ1) is 7.68. The summed E-state index contributed by atoms with van der Waals surface area (Å²) in [5, 5.41) is 4.40. The molecule has 5 heteroatoms. The lowest BCUT2D eigenvalue weighted by molar-refractivity contribution is 0.516. The predicted molar refractivity (Wildman–Crippen MR) is 63.0 cm³/mol. The third-order valence-corrected chi connectivity index (χ3v) is 2.78. The maximum absolute atomic E-state index is 5.87. The summed E-state index contributed by atoms with van der Waals surface area (Å²) in [6, 6.07) is 0. The van der Waals surface area contributed by atoms with Crippen LogP contribution in [0.3, 0.4) is 0 Å². The number of hydrogen-bond donors (Lipinski definition) is 1. The van der Waals surface area contributed by atoms with Crippen LogP contribution in [0.4, 0.5) is 5.69 Å². The molecule has 0 amide bonds. The van der Waals surface area contributed by atoms with Crippen molar-refractivity contribution in [3.8, 4) is 0 Å². The van der Waals surface area contributed by atoms with Crippen molar-refractivity contribution in [1.82, 2.24) is 19.3 Å². The number of nitrogen functional groups attached to an aromatic ring is 1. The molecule has 0 radical (unpaired) electrons. The van der Waals surface area contributed by atoms with E-state index in [1.807, 2.05) is 31.1 Å². The monoisotopic (exact) mass is 219 g/mol. The van der Waals surface area contributed by atoms with Crippen molar-refractivity contribution >= 4 is 5.69 Å². The minimum Gasteiger partial charge on any atom is -0.396 e. The van der Waals surface area contributed by atoms with Gasteiger partial charge >= 0.3 is 0 Å². The molecular formula is C11H17N5. The molecule has 5 nitrogen and oxygen atoms in total. The smallest absolute Gasteiger partial charge is 0.0945 e. The lowest BCUT2D eigenvalue weighted by Crippen LogP contribution is -2.06. The van der Waals surface area contributed by atoms with E-state index in [9.17, 15) is 0 Å². The second kappa shape index (κ2) is 4.38. The minimum atomic E-state index is 0.808. The van der Waals surface area contributed by atoms with Gasteiger partial charge in [0.25, 0.3) is 0 Å². The Morgan fingerprint density at radius 1 is 1.31 bits per heavy atom. The van der Waals surface area contributed by atoms with E-state index in [-0.39, 0.29) is 0 Å². The zero-order valence-electron chi connectivity index (χ0n) is 9.72. The van der Waals surface area contributed by atoms with Gasteiger partial charge in [-0.15, -0.1) is 0 Å². The highest BCUT2D eigenvalue weighted by atomic mass is 15.3. The van der Waals surface area contributed by atoms with E-state index in [2.05, 4.69) is 14.6 Å². The minimum absolute atomic E-state index is 0.808. The fourth-order valence-electron chi connectivity index (χ4n) is 1.75. The van der Waals surface area contributed by atoms with Gasteiger partial charge in [0, 0.05) is 25.5 Å². The Balaban J connectivity index is 1.92. The van der Waals surface area contributed by atoms with Crippen LogP contribution >= 0.6 is 0 Å². The second-order valence-electron chi connectivity index (χ2n) is 3.96. The van der Waals surface area contributed by atoms with Crippen LogP contribution in [0, 0.1) is 13.8 Å². The fraction of sp³-hybridized carbons (Fsp3) is 0.455. The molecule has 0 unspecified atom stereocenters. The molecule has 0 aliphatic rings. The van der Waals surface area contributed by atoms with Crippen molar-refractivity contribution in [2.24, 2.45) is 0 Å². The van der Waals surface area contributed by atoms with Crippen LogP contribution in [0.25, 0.3) is 0 Å². The van der Waals surface area contributed by atoms with Gasteiger partial charge in [-0.25, -0.2) is 4.98 Å². The summed E-state index contributed by atoms with van der Waals surface area (Å²) in [5.74, 6) is 0. The normalized spacial score (nSPS) is 10.9. The number of aromatic nitrogens is 4. The van der Waals surface area contributed by atoms with Crippen molar-refractivity contribution in [3.63, 3.8) is 0 Å². The van der Waals surface area contributed by atoms with Crippen LogP contribution in [0.5, 0.6) is 0 Å². The Bertz CT molecular complexity index is 455. The zero-order valence-corrected chi connectivity index (χ0v) is 9.72. The molecule has 0 atom stereocenters. The lowest BCUT2D eigenvalue weighted by atomic mass is 10.3. The fourth-order valence-corrected chi connectivity index (χ4v) is 1.75. The van der Waals surface area contributed by atoms with Gasteiger partial charge in [0.15, 0.2) is 0 Å². The molecule has 86 valence electrons. The summed E-state index contributed by atoms with van der Waals surface area (Å²) in [4.78, 5) is 4.00. The third kappa shape index (κ3) is 2.08. The van der Waals surface area contributed by atoms with Gasteiger partial charge in [0.2, 0.25) is 0 Å². The summed E-state index contributed by atoms with van der Waals surface area (Å²) < 4.78 is 4.04. The zero-order chi connectivity index (χ0) is 11.5. The van der Waals surface area contributed by atoms with E-state index in [1.165, 1.54) is 0 Å². The van der Waals surface area contributed by atoms with Gasteiger partial charge in [0.05, 0.1) is 23.4 Å². The molecule has 2 heterocycles. The number of nitrogens with zero attached hydrogens (tertiary/aromatic N) is 4. The lowest BCUT2D eigenvalue weighted by Gasteiger charge is -2.05. The van der Waals surface area contributed by atoms with E-state index in [0.29, 0.717) is 0 Å². The Labute approximate surface area is 94.9 Å². The van der Waals surface area contributed by atoms with E-state index in [1.54, 1.807) is 6.20 Å². The van der Waals surface area contributed by atoms with Gasteiger partial charge in [0.1, 0.15) is 0 Å². The molecule has 0 aromatic carbocycles. The summed E-state index contributed by atoms with van der Waals surface area (Å²) in [5.41, 5.74) is 8.65. The van der Waals surface area contributed by atoms with E-state index in [0.717, 1.165) is 36.6 Å². The average molecular weight is 219 g/mol. The summed E-state index contributed by atoms with van der Waals surface area (Å²) in [7, 11) is 0. The molecule has 16 heavy (non-hydrogen) atoms. The highest BCUT2D eigenvalue weighted by molar-refractivity contribution is 5.46. The molecule has 0 bridgehead atoms. The van der Waals surface area contributed by atoms with Crippen LogP contribution in [0.2, 0.25) is 0 Å². The van der Waals surface area contributed by atoms with Crippen molar-refractivity contribution in [3.05, 3.63) is 30.1 Å². The molecule has 0 aliphatic heterocycles. The SMILES string of the molecule is Cc1nn(CCCn2ccnc2)c(C)c1N. The van der Waals surface area contributed by atoms with Crippen molar-refractivity contribution < 1.29 is 0 Å². The standard InChI is InChI=1S/C11H17N5/c1-9-11(12)10(2)16(14-9)6-3-5-15-7-4-13-8-15/h4,7-8H,3,5-6,12H2,1-2H3. The molecule has 0 spiro atoms. The molecule has 0 aliphatic carbocycles. The van der Waals surface area contributed by atoms with E-state index >= 15 is 0 Å². The number of rotatable bonds is 4. The molecule has 2 rings (SSSR count). The maximum Gasteiger partial charge on any atom is 0.0945 e. The number of aryl methyl sites for hydroxylation is 3. The molecular weight excluding hydrogens is 202 g/mol. The van der Waals surface area contributed by atoms with Gasteiger partial charge in [-0.05, 0) is 20.3 Å².